The summed E-state index contributed by atoms with van der Waals surface area (Å²) in [6.45, 7) is 6.23. The molecule has 0 aromatic carbocycles. The number of nitrogens with zero attached hydrogens (tertiary/aromatic N) is 1. The maximum absolute atomic E-state index is 11.3. The van der Waals surface area contributed by atoms with E-state index < -0.39 is 6.09 Å². The zero-order valence-corrected chi connectivity index (χ0v) is 10.4. The van der Waals surface area contributed by atoms with Gasteiger partial charge in [0.1, 0.15) is 5.78 Å². The zero-order chi connectivity index (χ0) is 12.6. The molecule has 0 aromatic rings. The van der Waals surface area contributed by atoms with Crippen LogP contribution in [0.2, 0.25) is 0 Å². The molecule has 16 heavy (non-hydrogen) atoms. The van der Waals surface area contributed by atoms with Crippen molar-refractivity contribution in [2.24, 2.45) is 11.8 Å². The highest BCUT2D eigenvalue weighted by Crippen LogP contribution is 2.07. The Balaban J connectivity index is 3.69. The summed E-state index contributed by atoms with van der Waals surface area (Å²) in [6, 6.07) is 0. The fraction of sp³-hybridized carbons (Fsp3) is 0.818. The van der Waals surface area contributed by atoms with Crippen LogP contribution in [0.15, 0.2) is 0 Å². The van der Waals surface area contributed by atoms with Gasteiger partial charge >= 0.3 is 6.09 Å². The van der Waals surface area contributed by atoms with Crippen LogP contribution in [0.3, 0.4) is 0 Å². The van der Waals surface area contributed by atoms with Gasteiger partial charge in [-0.3, -0.25) is 0 Å². The summed E-state index contributed by atoms with van der Waals surface area (Å²) in [4.78, 5) is 22.0. The van der Waals surface area contributed by atoms with Gasteiger partial charge in [0.05, 0.1) is 6.61 Å². The van der Waals surface area contributed by atoms with E-state index in [1.54, 1.807) is 6.92 Å². The van der Waals surface area contributed by atoms with Gasteiger partial charge in [0.25, 0.3) is 0 Å². The molecule has 0 rings (SSSR count). The third-order valence-electron chi connectivity index (χ3n) is 2.18. The Bertz CT molecular complexity index is 231. The summed E-state index contributed by atoms with van der Waals surface area (Å²) < 4.78 is 5.00. The van der Waals surface area contributed by atoms with Crippen LogP contribution in [-0.2, 0) is 9.53 Å². The Morgan fingerprint density at radius 3 is 2.56 bits per heavy atom. The summed E-state index contributed by atoms with van der Waals surface area (Å²) in [5.41, 5.74) is 0. The highest BCUT2D eigenvalue weighted by molar-refractivity contribution is 5.75. The minimum Gasteiger partial charge on any atom is -0.448 e. The van der Waals surface area contributed by atoms with Crippen molar-refractivity contribution >= 4 is 11.9 Å². The van der Waals surface area contributed by atoms with Crippen molar-refractivity contribution in [1.29, 1.82) is 0 Å². The van der Waals surface area contributed by atoms with E-state index in [2.05, 4.69) is 0 Å². The van der Waals surface area contributed by atoms with E-state index in [4.69, 9.17) is 10.6 Å². The molecule has 0 aliphatic heterocycles. The van der Waals surface area contributed by atoms with Crippen molar-refractivity contribution in [3.05, 3.63) is 0 Å². The van der Waals surface area contributed by atoms with E-state index in [1.807, 2.05) is 13.8 Å². The molecule has 5 heteroatoms. The molecule has 0 aliphatic rings. The van der Waals surface area contributed by atoms with E-state index >= 15 is 0 Å². The fourth-order valence-electron chi connectivity index (χ4n) is 1.16. The number of carbonyl (C=O) groups excluding carboxylic acids is 2. The molecule has 2 N–H and O–H groups in total. The van der Waals surface area contributed by atoms with E-state index in [-0.39, 0.29) is 11.7 Å². The lowest BCUT2D eigenvalue weighted by Gasteiger charge is -2.17. The fourth-order valence-corrected chi connectivity index (χ4v) is 1.16. The van der Waals surface area contributed by atoms with E-state index in [1.165, 1.54) is 0 Å². The Morgan fingerprint density at radius 2 is 2.06 bits per heavy atom. The monoisotopic (exact) mass is 230 g/mol. The summed E-state index contributed by atoms with van der Waals surface area (Å²) >= 11 is 0. The van der Waals surface area contributed by atoms with Crippen molar-refractivity contribution in [3.63, 3.8) is 0 Å². The normalized spacial score (nSPS) is 12.0. The maximum atomic E-state index is 11.3. The molecular weight excluding hydrogens is 208 g/mol. The van der Waals surface area contributed by atoms with Gasteiger partial charge in [-0.15, -0.1) is 0 Å². The third-order valence-corrected chi connectivity index (χ3v) is 2.18. The number of hydrazine groups is 1. The van der Waals surface area contributed by atoms with Gasteiger partial charge in [-0.25, -0.2) is 15.6 Å². The van der Waals surface area contributed by atoms with Gasteiger partial charge in [-0.05, 0) is 25.7 Å². The van der Waals surface area contributed by atoms with Gasteiger partial charge < -0.3 is 9.53 Å². The first-order valence-electron chi connectivity index (χ1n) is 5.65. The van der Waals surface area contributed by atoms with Crippen molar-refractivity contribution in [1.82, 2.24) is 5.01 Å². The first-order chi connectivity index (χ1) is 7.47. The van der Waals surface area contributed by atoms with Crippen molar-refractivity contribution in [3.8, 4) is 0 Å². The number of ether oxygens (including phenoxy) is 1. The molecule has 0 heterocycles. The smallest absolute Gasteiger partial charge is 0.424 e. The molecule has 0 aromatic heterocycles. The standard InChI is InChI=1S/C11H22N2O3/c1-4-7-13(12)11(15)16-8-9(2)5-6-10(3)14/h9H,4-8,12H2,1-3H3. The van der Waals surface area contributed by atoms with E-state index in [0.717, 1.165) is 17.9 Å². The number of hydrogen-bond acceptors (Lipinski definition) is 4. The molecular formula is C11H22N2O3. The second-order valence-corrected chi connectivity index (χ2v) is 4.12. The number of Topliss-reactive ketones (excluding diaryl/α,β-unsaturated/α-hetero) is 1. The lowest BCUT2D eigenvalue weighted by molar-refractivity contribution is -0.117. The summed E-state index contributed by atoms with van der Waals surface area (Å²) in [7, 11) is 0. The molecule has 1 amide bonds. The molecule has 0 saturated heterocycles. The first kappa shape index (κ1) is 14.9. The molecule has 1 unspecified atom stereocenters. The number of hydrogen-bond donors (Lipinski definition) is 1. The van der Waals surface area contributed by atoms with Gasteiger partial charge in [-0.2, -0.15) is 0 Å². The van der Waals surface area contributed by atoms with Crippen LogP contribution >= 0.6 is 0 Å². The van der Waals surface area contributed by atoms with Gasteiger partial charge in [-0.1, -0.05) is 13.8 Å². The molecule has 0 aliphatic carbocycles. The lowest BCUT2D eigenvalue weighted by Crippen LogP contribution is -2.38. The quantitative estimate of drug-likeness (QED) is 0.410. The summed E-state index contributed by atoms with van der Waals surface area (Å²) in [6.07, 6.45) is 1.56. The predicted molar refractivity (Wildman–Crippen MR) is 61.6 cm³/mol. The Kier molecular flexibility index (Phi) is 7.54. The number of amides is 1. The average Bonchev–Trinajstić information content (AvgIpc) is 2.23. The second kappa shape index (κ2) is 8.10. The lowest BCUT2D eigenvalue weighted by atomic mass is 10.1. The molecule has 0 spiro atoms. The Labute approximate surface area is 96.9 Å². The topological polar surface area (TPSA) is 72.6 Å². The molecule has 5 nitrogen and oxygen atoms in total. The highest BCUT2D eigenvalue weighted by atomic mass is 16.6. The predicted octanol–water partition coefficient (Wildman–Crippen LogP) is 1.71. The van der Waals surface area contributed by atoms with E-state index in [9.17, 15) is 9.59 Å². The van der Waals surface area contributed by atoms with Crippen LogP contribution in [0.4, 0.5) is 4.79 Å². The first-order valence-corrected chi connectivity index (χ1v) is 5.65. The van der Waals surface area contributed by atoms with Gasteiger partial charge in [0, 0.05) is 13.0 Å². The van der Waals surface area contributed by atoms with Gasteiger partial charge in [0.2, 0.25) is 0 Å². The SMILES string of the molecule is CCCN(N)C(=O)OCC(C)CCC(C)=O. The van der Waals surface area contributed by atoms with Crippen LogP contribution in [0, 0.1) is 5.92 Å². The maximum Gasteiger partial charge on any atom is 0.424 e. The van der Waals surface area contributed by atoms with Crippen LogP contribution in [0.25, 0.3) is 0 Å². The molecule has 0 bridgehead atoms. The number of carbonyl (C=O) groups is 2. The number of rotatable bonds is 7. The molecule has 94 valence electrons. The minimum absolute atomic E-state index is 0.157. The second-order valence-electron chi connectivity index (χ2n) is 4.12. The Hall–Kier alpha value is -1.10. The number of ketones is 1. The molecule has 0 fully saturated rings. The van der Waals surface area contributed by atoms with Crippen molar-refractivity contribution in [2.45, 2.75) is 40.0 Å². The Morgan fingerprint density at radius 1 is 1.44 bits per heavy atom. The van der Waals surface area contributed by atoms with Crippen LogP contribution in [-0.4, -0.2) is 30.0 Å². The third kappa shape index (κ3) is 7.23. The number of nitrogens with two attached hydrogens (primary N) is 1. The molecule has 0 radical (unpaired) electrons. The zero-order valence-electron chi connectivity index (χ0n) is 10.4. The largest absolute Gasteiger partial charge is 0.448 e. The van der Waals surface area contributed by atoms with Crippen LogP contribution in [0.1, 0.15) is 40.0 Å². The molecule has 1 atom stereocenters. The van der Waals surface area contributed by atoms with Crippen LogP contribution < -0.4 is 5.84 Å². The van der Waals surface area contributed by atoms with Crippen molar-refractivity contribution in [2.75, 3.05) is 13.2 Å². The van der Waals surface area contributed by atoms with E-state index in [0.29, 0.717) is 19.6 Å². The van der Waals surface area contributed by atoms with Crippen LogP contribution in [0.5, 0.6) is 0 Å². The summed E-state index contributed by atoms with van der Waals surface area (Å²) in [5.74, 6) is 5.78. The molecule has 0 saturated carbocycles. The van der Waals surface area contributed by atoms with Crippen molar-refractivity contribution < 1.29 is 14.3 Å². The van der Waals surface area contributed by atoms with Gasteiger partial charge in [0.15, 0.2) is 0 Å². The minimum atomic E-state index is -0.503. The average molecular weight is 230 g/mol. The summed E-state index contributed by atoms with van der Waals surface area (Å²) in [5, 5.41) is 1.07. The highest BCUT2D eigenvalue weighted by Gasteiger charge is 2.12.